The van der Waals surface area contributed by atoms with Crippen LogP contribution in [0.25, 0.3) is 0 Å². The van der Waals surface area contributed by atoms with Gasteiger partial charge in [-0.25, -0.2) is 4.79 Å². The van der Waals surface area contributed by atoms with E-state index in [2.05, 4.69) is 62.3 Å². The molecule has 5 nitrogen and oxygen atoms in total. The Kier molecular flexibility index (Phi) is 10.1. The Balaban J connectivity index is 2.08. The Hall–Kier alpha value is -1.75. The number of nitrogens with one attached hydrogen (secondary N) is 2. The number of nitrogens with zero attached hydrogens (tertiary/aromatic N) is 1. The van der Waals surface area contributed by atoms with Crippen molar-refractivity contribution in [3.05, 3.63) is 29.8 Å². The molecular formula is C21H37N3O2. The number of hydrogen-bond acceptors (Lipinski definition) is 3. The molecule has 0 atom stereocenters. The van der Waals surface area contributed by atoms with E-state index in [9.17, 15) is 4.79 Å². The molecule has 2 N–H and O–H groups in total. The standard InChI is InChI=1S/C21H37N3O2/c1-6-24(7-2)16-8-14-22-20(25)23-15-9-17-26-19-12-10-18(11-13-19)21(3,4)5/h10-13H,6-9,14-17H2,1-5H3,(H2,22,23,25). The summed E-state index contributed by atoms with van der Waals surface area (Å²) in [6, 6.07) is 8.14. The van der Waals surface area contributed by atoms with Gasteiger partial charge >= 0.3 is 6.03 Å². The van der Waals surface area contributed by atoms with E-state index in [4.69, 9.17) is 4.74 Å². The van der Waals surface area contributed by atoms with E-state index < -0.39 is 0 Å². The number of rotatable bonds is 11. The van der Waals surface area contributed by atoms with Crippen LogP contribution in [0.2, 0.25) is 0 Å². The van der Waals surface area contributed by atoms with Gasteiger partial charge in [0.05, 0.1) is 6.61 Å². The molecular weight excluding hydrogens is 326 g/mol. The fourth-order valence-corrected chi connectivity index (χ4v) is 2.62. The molecule has 0 fully saturated rings. The second-order valence-electron chi connectivity index (χ2n) is 7.54. The van der Waals surface area contributed by atoms with E-state index in [0.717, 1.165) is 38.2 Å². The average molecular weight is 364 g/mol. The summed E-state index contributed by atoms with van der Waals surface area (Å²) in [4.78, 5) is 14.1. The summed E-state index contributed by atoms with van der Waals surface area (Å²) in [6.07, 6.45) is 1.76. The molecule has 0 saturated carbocycles. The van der Waals surface area contributed by atoms with Gasteiger partial charge in [-0.15, -0.1) is 0 Å². The van der Waals surface area contributed by atoms with Gasteiger partial charge in [0, 0.05) is 13.1 Å². The summed E-state index contributed by atoms with van der Waals surface area (Å²) in [5.41, 5.74) is 1.45. The van der Waals surface area contributed by atoms with E-state index >= 15 is 0 Å². The maximum absolute atomic E-state index is 11.7. The monoisotopic (exact) mass is 363 g/mol. The predicted octanol–water partition coefficient (Wildman–Crippen LogP) is 3.78. The lowest BCUT2D eigenvalue weighted by molar-refractivity contribution is 0.237. The highest BCUT2D eigenvalue weighted by atomic mass is 16.5. The molecule has 0 bridgehead atoms. The highest BCUT2D eigenvalue weighted by Crippen LogP contribution is 2.24. The summed E-state index contributed by atoms with van der Waals surface area (Å²) in [5, 5.41) is 5.77. The lowest BCUT2D eigenvalue weighted by Gasteiger charge is -2.19. The van der Waals surface area contributed by atoms with Crippen LogP contribution in [0.5, 0.6) is 5.75 Å². The van der Waals surface area contributed by atoms with Crippen molar-refractivity contribution in [2.24, 2.45) is 0 Å². The highest BCUT2D eigenvalue weighted by molar-refractivity contribution is 5.73. The van der Waals surface area contributed by atoms with Gasteiger partial charge in [0.2, 0.25) is 0 Å². The van der Waals surface area contributed by atoms with E-state index in [1.54, 1.807) is 0 Å². The molecule has 0 heterocycles. The molecule has 1 aromatic rings. The van der Waals surface area contributed by atoms with Crippen LogP contribution in [0.15, 0.2) is 24.3 Å². The molecule has 0 spiro atoms. The first kappa shape index (κ1) is 22.3. The molecule has 0 unspecified atom stereocenters. The molecule has 148 valence electrons. The fourth-order valence-electron chi connectivity index (χ4n) is 2.62. The van der Waals surface area contributed by atoms with Crippen LogP contribution in [0, 0.1) is 0 Å². The number of amides is 2. The van der Waals surface area contributed by atoms with Gasteiger partial charge in [-0.1, -0.05) is 46.8 Å². The Morgan fingerprint density at radius 3 is 2.12 bits per heavy atom. The SMILES string of the molecule is CCN(CC)CCCNC(=O)NCCCOc1ccc(C(C)(C)C)cc1. The number of urea groups is 1. The Morgan fingerprint density at radius 2 is 1.58 bits per heavy atom. The Morgan fingerprint density at radius 1 is 1.00 bits per heavy atom. The van der Waals surface area contributed by atoms with Crippen LogP contribution in [0.4, 0.5) is 4.79 Å². The van der Waals surface area contributed by atoms with Crippen molar-refractivity contribution in [3.8, 4) is 5.75 Å². The van der Waals surface area contributed by atoms with Crippen LogP contribution < -0.4 is 15.4 Å². The zero-order valence-electron chi connectivity index (χ0n) is 17.2. The molecule has 0 saturated heterocycles. The van der Waals surface area contributed by atoms with Gasteiger partial charge in [0.1, 0.15) is 5.75 Å². The van der Waals surface area contributed by atoms with Crippen molar-refractivity contribution >= 4 is 6.03 Å². The second-order valence-corrected chi connectivity index (χ2v) is 7.54. The molecule has 26 heavy (non-hydrogen) atoms. The first-order chi connectivity index (χ1) is 12.4. The van der Waals surface area contributed by atoms with Gasteiger partial charge in [-0.3, -0.25) is 0 Å². The first-order valence-corrected chi connectivity index (χ1v) is 9.84. The maximum atomic E-state index is 11.7. The molecule has 1 rings (SSSR count). The minimum Gasteiger partial charge on any atom is -0.494 e. The first-order valence-electron chi connectivity index (χ1n) is 9.84. The van der Waals surface area contributed by atoms with Crippen molar-refractivity contribution in [1.82, 2.24) is 15.5 Å². The van der Waals surface area contributed by atoms with Crippen molar-refractivity contribution in [3.63, 3.8) is 0 Å². The largest absolute Gasteiger partial charge is 0.494 e. The van der Waals surface area contributed by atoms with Gasteiger partial charge < -0.3 is 20.3 Å². The third-order valence-corrected chi connectivity index (χ3v) is 4.43. The van der Waals surface area contributed by atoms with E-state index in [-0.39, 0.29) is 11.4 Å². The minimum atomic E-state index is -0.0981. The number of carbonyl (C=O) groups excluding carboxylic acids is 1. The van der Waals surface area contributed by atoms with Crippen molar-refractivity contribution in [1.29, 1.82) is 0 Å². The molecule has 1 aromatic carbocycles. The van der Waals surface area contributed by atoms with Crippen LogP contribution in [-0.4, -0.2) is 50.3 Å². The van der Waals surface area contributed by atoms with Gasteiger partial charge in [0.15, 0.2) is 0 Å². The van der Waals surface area contributed by atoms with Crippen LogP contribution in [-0.2, 0) is 5.41 Å². The topological polar surface area (TPSA) is 53.6 Å². The third-order valence-electron chi connectivity index (χ3n) is 4.43. The van der Waals surface area contributed by atoms with Gasteiger partial charge in [0.25, 0.3) is 0 Å². The maximum Gasteiger partial charge on any atom is 0.314 e. The number of benzene rings is 1. The average Bonchev–Trinajstić information content (AvgIpc) is 2.61. The number of ether oxygens (including phenoxy) is 1. The van der Waals surface area contributed by atoms with Crippen LogP contribution in [0.3, 0.4) is 0 Å². The smallest absolute Gasteiger partial charge is 0.314 e. The van der Waals surface area contributed by atoms with E-state index in [1.807, 2.05) is 12.1 Å². The highest BCUT2D eigenvalue weighted by Gasteiger charge is 2.12. The molecule has 0 aromatic heterocycles. The summed E-state index contributed by atoms with van der Waals surface area (Å²) in [5.74, 6) is 0.874. The lowest BCUT2D eigenvalue weighted by atomic mass is 9.87. The van der Waals surface area contributed by atoms with Crippen molar-refractivity contribution in [2.45, 2.75) is 52.9 Å². The summed E-state index contributed by atoms with van der Waals surface area (Å²) in [7, 11) is 0. The van der Waals surface area contributed by atoms with Crippen molar-refractivity contribution < 1.29 is 9.53 Å². The number of carbonyl (C=O) groups is 1. The molecule has 0 aliphatic heterocycles. The molecule has 2 amide bonds. The molecule has 0 aliphatic rings. The minimum absolute atomic E-state index is 0.0981. The molecule has 0 aliphatic carbocycles. The normalized spacial score (nSPS) is 11.5. The van der Waals surface area contributed by atoms with Crippen LogP contribution in [0.1, 0.15) is 53.0 Å². The quantitative estimate of drug-likeness (QED) is 0.588. The Bertz CT molecular complexity index is 505. The third kappa shape index (κ3) is 9.09. The van der Waals surface area contributed by atoms with Crippen LogP contribution >= 0.6 is 0 Å². The zero-order chi connectivity index (χ0) is 19.4. The number of hydrogen-bond donors (Lipinski definition) is 2. The summed E-state index contributed by atoms with van der Waals surface area (Å²) in [6.45, 7) is 16.0. The fraction of sp³-hybridized carbons (Fsp3) is 0.667. The predicted molar refractivity (Wildman–Crippen MR) is 109 cm³/mol. The van der Waals surface area contributed by atoms with E-state index in [0.29, 0.717) is 19.7 Å². The lowest BCUT2D eigenvalue weighted by Crippen LogP contribution is -2.38. The summed E-state index contributed by atoms with van der Waals surface area (Å²) >= 11 is 0. The van der Waals surface area contributed by atoms with Gasteiger partial charge in [-0.05, 0) is 55.6 Å². The zero-order valence-corrected chi connectivity index (χ0v) is 17.2. The van der Waals surface area contributed by atoms with Gasteiger partial charge in [-0.2, -0.15) is 0 Å². The Labute approximate surface area is 159 Å². The molecule has 5 heteroatoms. The molecule has 0 radical (unpaired) electrons. The van der Waals surface area contributed by atoms with Crippen molar-refractivity contribution in [2.75, 3.05) is 39.3 Å². The second kappa shape index (κ2) is 11.8. The van der Waals surface area contributed by atoms with E-state index in [1.165, 1.54) is 5.56 Å². The summed E-state index contributed by atoms with van der Waals surface area (Å²) < 4.78 is 5.73.